The fraction of sp³-hybridized carbons (Fsp3) is 0.300. The maximum atomic E-state index is 14.1. The molecule has 4 aromatic rings. The molecular weight excluding hydrogens is 527 g/mol. The van der Waals surface area contributed by atoms with E-state index in [2.05, 4.69) is 20.7 Å². The second-order valence-corrected chi connectivity index (χ2v) is 10.1. The number of tetrazole rings is 1. The number of aromatic nitrogens is 4. The van der Waals surface area contributed by atoms with Gasteiger partial charge in [0.05, 0.1) is 6.10 Å². The number of hydrogen-bond acceptors (Lipinski definition) is 7. The number of hydrogen-bond donors (Lipinski definition) is 2. The van der Waals surface area contributed by atoms with Crippen LogP contribution in [-0.2, 0) is 20.9 Å². The maximum Gasteiger partial charge on any atom is 0.251 e. The Balaban J connectivity index is 1.51. The molecule has 11 heteroatoms. The van der Waals surface area contributed by atoms with Crippen molar-refractivity contribution in [2.45, 2.75) is 45.4 Å². The van der Waals surface area contributed by atoms with E-state index in [9.17, 15) is 19.1 Å². The summed E-state index contributed by atoms with van der Waals surface area (Å²) < 4.78 is 19.1. The molecular formula is C30H31FN6O4. The zero-order chi connectivity index (χ0) is 28.9. The van der Waals surface area contributed by atoms with Crippen LogP contribution in [0.3, 0.4) is 0 Å². The molecule has 0 saturated carbocycles. The summed E-state index contributed by atoms with van der Waals surface area (Å²) in [7, 11) is 0. The first-order valence-corrected chi connectivity index (χ1v) is 13.4. The molecule has 2 atom stereocenters. The first-order valence-electron chi connectivity index (χ1n) is 13.4. The van der Waals surface area contributed by atoms with Crippen LogP contribution in [0.1, 0.15) is 35.6 Å². The van der Waals surface area contributed by atoms with Crippen molar-refractivity contribution in [2.24, 2.45) is 0 Å². The summed E-state index contributed by atoms with van der Waals surface area (Å²) in [6.07, 6.45) is 1.69. The minimum absolute atomic E-state index is 0.0389. The lowest BCUT2D eigenvalue weighted by Crippen LogP contribution is -2.47. The predicted octanol–water partition coefficient (Wildman–Crippen LogP) is 3.87. The van der Waals surface area contributed by atoms with E-state index < -0.39 is 17.8 Å². The number of halogens is 1. The van der Waals surface area contributed by atoms with E-state index in [0.717, 1.165) is 28.8 Å². The number of aromatic hydroxyl groups is 1. The van der Waals surface area contributed by atoms with Crippen LogP contribution >= 0.6 is 0 Å². The van der Waals surface area contributed by atoms with Crippen LogP contribution in [0.2, 0.25) is 0 Å². The SMILES string of the molecule is Cc1ccc(C)c(N(C(=O)Cn2nnc(-c3ccc(F)cc3)n2)C(C(=O)NCC2CCCO2)c2ccc(O)cc2)c1. The van der Waals surface area contributed by atoms with Crippen molar-refractivity contribution in [1.29, 1.82) is 0 Å². The molecule has 2 amide bonds. The Morgan fingerprint density at radius 2 is 1.88 bits per heavy atom. The normalized spacial score (nSPS) is 15.4. The molecule has 0 radical (unpaired) electrons. The van der Waals surface area contributed by atoms with Gasteiger partial charge in [-0.25, -0.2) is 4.39 Å². The Bertz CT molecular complexity index is 1520. The molecule has 2 N–H and O–H groups in total. The number of phenols is 1. The van der Waals surface area contributed by atoms with Gasteiger partial charge in [-0.1, -0.05) is 24.3 Å². The molecule has 1 aliphatic heterocycles. The average molecular weight is 559 g/mol. The number of aryl methyl sites for hydroxylation is 2. The van der Waals surface area contributed by atoms with Crippen molar-refractivity contribution >= 4 is 17.5 Å². The van der Waals surface area contributed by atoms with Crippen molar-refractivity contribution in [3.8, 4) is 17.1 Å². The van der Waals surface area contributed by atoms with E-state index in [1.807, 2.05) is 32.0 Å². The summed E-state index contributed by atoms with van der Waals surface area (Å²) in [5.41, 5.74) is 3.31. The van der Waals surface area contributed by atoms with Crippen molar-refractivity contribution in [2.75, 3.05) is 18.1 Å². The minimum atomic E-state index is -1.06. The first kappa shape index (κ1) is 27.9. The molecule has 10 nitrogen and oxygen atoms in total. The van der Waals surface area contributed by atoms with Crippen LogP contribution in [0.4, 0.5) is 10.1 Å². The largest absolute Gasteiger partial charge is 0.508 e. The number of nitrogens with zero attached hydrogens (tertiary/aromatic N) is 5. The Labute approximate surface area is 236 Å². The van der Waals surface area contributed by atoms with E-state index in [4.69, 9.17) is 4.74 Å². The molecule has 5 rings (SSSR count). The van der Waals surface area contributed by atoms with E-state index in [-0.39, 0.29) is 30.1 Å². The lowest BCUT2D eigenvalue weighted by atomic mass is 10.0. The molecule has 1 aliphatic rings. The average Bonchev–Trinajstić information content (AvgIpc) is 3.65. The van der Waals surface area contributed by atoms with Gasteiger partial charge in [-0.2, -0.15) is 4.80 Å². The number of carbonyl (C=O) groups excluding carboxylic acids is 2. The van der Waals surface area contributed by atoms with Crippen LogP contribution in [-0.4, -0.2) is 56.4 Å². The fourth-order valence-electron chi connectivity index (χ4n) is 4.81. The lowest BCUT2D eigenvalue weighted by Gasteiger charge is -2.33. The zero-order valence-corrected chi connectivity index (χ0v) is 22.8. The Morgan fingerprint density at radius 1 is 1.12 bits per heavy atom. The van der Waals surface area contributed by atoms with Gasteiger partial charge < -0.3 is 15.2 Å². The van der Waals surface area contributed by atoms with E-state index in [1.54, 1.807) is 12.1 Å². The number of ether oxygens (including phenoxy) is 1. The van der Waals surface area contributed by atoms with Crippen molar-refractivity contribution in [3.63, 3.8) is 0 Å². The smallest absolute Gasteiger partial charge is 0.251 e. The fourth-order valence-corrected chi connectivity index (χ4v) is 4.81. The van der Waals surface area contributed by atoms with E-state index in [0.29, 0.717) is 30.0 Å². The van der Waals surface area contributed by atoms with Crippen molar-refractivity contribution in [3.05, 3.63) is 89.2 Å². The summed E-state index contributed by atoms with van der Waals surface area (Å²) in [6, 6.07) is 16.5. The van der Waals surface area contributed by atoms with Gasteiger partial charge >= 0.3 is 0 Å². The van der Waals surface area contributed by atoms with E-state index >= 15 is 0 Å². The molecule has 2 heterocycles. The molecule has 41 heavy (non-hydrogen) atoms. The third kappa shape index (κ3) is 6.58. The van der Waals surface area contributed by atoms with Gasteiger partial charge in [-0.3, -0.25) is 14.5 Å². The summed E-state index contributed by atoms with van der Waals surface area (Å²) >= 11 is 0. The number of nitrogens with one attached hydrogen (secondary N) is 1. The standard InChI is InChI=1S/C30H31FN6O4/c1-19-5-6-20(2)26(16-19)37(27(39)18-36-34-29(33-35-36)22-7-11-23(31)12-8-22)28(21-9-13-24(38)14-10-21)30(40)32-17-25-4-3-15-41-25/h5-14,16,25,28,38H,3-4,15,17-18H2,1-2H3,(H,32,40). The monoisotopic (exact) mass is 558 g/mol. The van der Waals surface area contributed by atoms with Crippen LogP contribution in [0.15, 0.2) is 66.7 Å². The predicted molar refractivity (Wildman–Crippen MR) is 149 cm³/mol. The van der Waals surface area contributed by atoms with Crippen LogP contribution < -0.4 is 10.2 Å². The second-order valence-electron chi connectivity index (χ2n) is 10.1. The Kier molecular flexibility index (Phi) is 8.34. The van der Waals surface area contributed by atoms with Gasteiger partial charge in [0.15, 0.2) is 0 Å². The molecule has 212 valence electrons. The van der Waals surface area contributed by atoms with Crippen LogP contribution in [0, 0.1) is 19.7 Å². The Morgan fingerprint density at radius 3 is 2.59 bits per heavy atom. The number of anilines is 1. The van der Waals surface area contributed by atoms with Crippen LogP contribution in [0.5, 0.6) is 5.75 Å². The molecule has 3 aromatic carbocycles. The van der Waals surface area contributed by atoms with Gasteiger partial charge in [-0.05, 0) is 91.1 Å². The summed E-state index contributed by atoms with van der Waals surface area (Å²) in [5, 5.41) is 25.3. The highest BCUT2D eigenvalue weighted by Crippen LogP contribution is 2.32. The number of rotatable bonds is 9. The third-order valence-corrected chi connectivity index (χ3v) is 6.97. The van der Waals surface area contributed by atoms with Gasteiger partial charge in [0.1, 0.15) is 24.2 Å². The van der Waals surface area contributed by atoms with Crippen molar-refractivity contribution in [1.82, 2.24) is 25.5 Å². The van der Waals surface area contributed by atoms with Crippen LogP contribution in [0.25, 0.3) is 11.4 Å². The first-order chi connectivity index (χ1) is 19.8. The molecule has 0 aliphatic carbocycles. The number of benzene rings is 3. The highest BCUT2D eigenvalue weighted by atomic mass is 19.1. The summed E-state index contributed by atoms with van der Waals surface area (Å²) in [4.78, 5) is 30.6. The summed E-state index contributed by atoms with van der Waals surface area (Å²) in [6.45, 7) is 4.43. The molecule has 1 aromatic heterocycles. The highest BCUT2D eigenvalue weighted by molar-refractivity contribution is 6.01. The highest BCUT2D eigenvalue weighted by Gasteiger charge is 2.34. The summed E-state index contributed by atoms with van der Waals surface area (Å²) in [5.74, 6) is -0.956. The molecule has 2 unspecified atom stereocenters. The van der Waals surface area contributed by atoms with Gasteiger partial charge in [0.2, 0.25) is 11.7 Å². The van der Waals surface area contributed by atoms with Gasteiger partial charge in [0, 0.05) is 24.4 Å². The number of amides is 2. The number of carbonyl (C=O) groups is 2. The lowest BCUT2D eigenvalue weighted by molar-refractivity contribution is -0.127. The maximum absolute atomic E-state index is 14.1. The molecule has 1 saturated heterocycles. The number of phenolic OH excluding ortho intramolecular Hbond substituents is 1. The Hall–Kier alpha value is -4.64. The quantitative estimate of drug-likeness (QED) is 0.320. The van der Waals surface area contributed by atoms with Crippen molar-refractivity contribution < 1.29 is 23.8 Å². The zero-order valence-electron chi connectivity index (χ0n) is 22.8. The molecule has 1 fully saturated rings. The topological polar surface area (TPSA) is 122 Å². The van der Waals surface area contributed by atoms with Gasteiger partial charge in [-0.15, -0.1) is 10.2 Å². The molecule has 0 bridgehead atoms. The second kappa shape index (κ2) is 12.3. The third-order valence-electron chi connectivity index (χ3n) is 6.97. The van der Waals surface area contributed by atoms with Gasteiger partial charge in [0.25, 0.3) is 5.91 Å². The molecule has 0 spiro atoms. The minimum Gasteiger partial charge on any atom is -0.508 e. The van der Waals surface area contributed by atoms with E-state index in [1.165, 1.54) is 41.3 Å².